The third kappa shape index (κ3) is 3.69. The number of benzene rings is 1. The van der Waals surface area contributed by atoms with Gasteiger partial charge in [-0.25, -0.2) is 0 Å². The lowest BCUT2D eigenvalue weighted by Crippen LogP contribution is -2.09. The molecule has 0 N–H and O–H groups in total. The van der Waals surface area contributed by atoms with E-state index in [0.29, 0.717) is 17.8 Å². The van der Waals surface area contributed by atoms with Crippen LogP contribution in [0.15, 0.2) is 67.0 Å². The van der Waals surface area contributed by atoms with E-state index in [1.165, 1.54) is 0 Å². The first kappa shape index (κ1) is 15.9. The molecule has 24 heavy (non-hydrogen) atoms. The standard InChI is InChI=1S/C21H20N2O/c1-16-7-9-19(10-8-16)21(24)20-6-4-14-23(20)13-3-5-18-11-12-22-17(2)15-18/h3-12,14-15H,13H2,1-2H3/b5-3+. The fraction of sp³-hybridized carbons (Fsp3) is 0.143. The molecule has 2 heterocycles. The number of pyridine rings is 1. The largest absolute Gasteiger partial charge is 0.341 e. The summed E-state index contributed by atoms with van der Waals surface area (Å²) in [5, 5.41) is 0. The number of hydrogen-bond acceptors (Lipinski definition) is 2. The first-order chi connectivity index (χ1) is 11.6. The molecule has 3 nitrogen and oxygen atoms in total. The Balaban J connectivity index is 1.75. The van der Waals surface area contributed by atoms with Crippen LogP contribution in [0.3, 0.4) is 0 Å². The highest BCUT2D eigenvalue weighted by Crippen LogP contribution is 2.13. The van der Waals surface area contributed by atoms with Crippen LogP contribution in [0.4, 0.5) is 0 Å². The fourth-order valence-electron chi connectivity index (χ4n) is 2.61. The maximum atomic E-state index is 12.7. The van der Waals surface area contributed by atoms with E-state index in [1.54, 1.807) is 6.20 Å². The van der Waals surface area contributed by atoms with Gasteiger partial charge in [-0.15, -0.1) is 0 Å². The molecule has 0 aliphatic rings. The number of ketones is 1. The average molecular weight is 316 g/mol. The quantitative estimate of drug-likeness (QED) is 0.652. The van der Waals surface area contributed by atoms with Gasteiger partial charge in [-0.1, -0.05) is 42.0 Å². The minimum atomic E-state index is 0.0492. The molecule has 2 aromatic heterocycles. The normalized spacial score (nSPS) is 11.1. The van der Waals surface area contributed by atoms with E-state index in [2.05, 4.69) is 17.1 Å². The Hall–Kier alpha value is -2.94. The summed E-state index contributed by atoms with van der Waals surface area (Å²) in [5.41, 5.74) is 4.68. The Labute approximate surface area is 142 Å². The minimum absolute atomic E-state index is 0.0492. The Kier molecular flexibility index (Phi) is 4.71. The van der Waals surface area contributed by atoms with E-state index < -0.39 is 0 Å². The van der Waals surface area contributed by atoms with Gasteiger partial charge in [0.2, 0.25) is 5.78 Å². The van der Waals surface area contributed by atoms with Crippen molar-refractivity contribution in [3.05, 3.63) is 95.1 Å². The predicted molar refractivity (Wildman–Crippen MR) is 97.1 cm³/mol. The first-order valence-corrected chi connectivity index (χ1v) is 7.99. The molecule has 0 spiro atoms. The highest BCUT2D eigenvalue weighted by Gasteiger charge is 2.12. The monoisotopic (exact) mass is 316 g/mol. The van der Waals surface area contributed by atoms with Crippen molar-refractivity contribution < 1.29 is 4.79 Å². The maximum absolute atomic E-state index is 12.7. The van der Waals surface area contributed by atoms with Gasteiger partial charge in [0.15, 0.2) is 0 Å². The summed E-state index contributed by atoms with van der Waals surface area (Å²) >= 11 is 0. The van der Waals surface area contributed by atoms with Crippen molar-refractivity contribution in [1.82, 2.24) is 9.55 Å². The average Bonchev–Trinajstić information content (AvgIpc) is 3.03. The van der Waals surface area contributed by atoms with Crippen molar-refractivity contribution in [1.29, 1.82) is 0 Å². The minimum Gasteiger partial charge on any atom is -0.341 e. The Morgan fingerprint density at radius 2 is 1.92 bits per heavy atom. The van der Waals surface area contributed by atoms with Crippen molar-refractivity contribution in [2.45, 2.75) is 20.4 Å². The third-order valence-corrected chi connectivity index (χ3v) is 3.91. The van der Waals surface area contributed by atoms with Crippen molar-refractivity contribution in [3.8, 4) is 0 Å². The topological polar surface area (TPSA) is 34.9 Å². The van der Waals surface area contributed by atoms with Gasteiger partial charge < -0.3 is 4.57 Å². The Morgan fingerprint density at radius 1 is 1.12 bits per heavy atom. The van der Waals surface area contributed by atoms with Gasteiger partial charge in [0, 0.05) is 30.2 Å². The molecule has 0 saturated carbocycles. The van der Waals surface area contributed by atoms with Crippen LogP contribution in [0.1, 0.15) is 32.9 Å². The summed E-state index contributed by atoms with van der Waals surface area (Å²) in [6.07, 6.45) is 7.84. The van der Waals surface area contributed by atoms with Gasteiger partial charge >= 0.3 is 0 Å². The van der Waals surface area contributed by atoms with Crippen LogP contribution < -0.4 is 0 Å². The fourth-order valence-corrected chi connectivity index (χ4v) is 2.61. The molecule has 0 fully saturated rings. The lowest BCUT2D eigenvalue weighted by Gasteiger charge is -2.06. The van der Waals surface area contributed by atoms with Crippen LogP contribution in [-0.2, 0) is 6.54 Å². The van der Waals surface area contributed by atoms with Crippen molar-refractivity contribution in [2.24, 2.45) is 0 Å². The molecule has 0 amide bonds. The van der Waals surface area contributed by atoms with Crippen LogP contribution in [-0.4, -0.2) is 15.3 Å². The number of hydrogen-bond donors (Lipinski definition) is 0. The highest BCUT2D eigenvalue weighted by atomic mass is 16.1. The Morgan fingerprint density at radius 3 is 2.67 bits per heavy atom. The molecule has 0 aliphatic carbocycles. The van der Waals surface area contributed by atoms with E-state index in [-0.39, 0.29) is 5.78 Å². The van der Waals surface area contributed by atoms with Crippen molar-refractivity contribution >= 4 is 11.9 Å². The molecule has 0 aliphatic heterocycles. The molecule has 0 saturated heterocycles. The van der Waals surface area contributed by atoms with Gasteiger partial charge in [-0.3, -0.25) is 9.78 Å². The molecule has 3 heteroatoms. The number of allylic oxidation sites excluding steroid dienone is 1. The molecular formula is C21H20N2O. The van der Waals surface area contributed by atoms with Gasteiger partial charge in [-0.05, 0) is 43.7 Å². The van der Waals surface area contributed by atoms with Crippen LogP contribution in [0.5, 0.6) is 0 Å². The summed E-state index contributed by atoms with van der Waals surface area (Å²) in [7, 11) is 0. The third-order valence-electron chi connectivity index (χ3n) is 3.91. The summed E-state index contributed by atoms with van der Waals surface area (Å²) in [6.45, 7) is 4.64. The van der Waals surface area contributed by atoms with Gasteiger partial charge in [0.25, 0.3) is 0 Å². The summed E-state index contributed by atoms with van der Waals surface area (Å²) in [4.78, 5) is 16.9. The molecule has 0 unspecified atom stereocenters. The van der Waals surface area contributed by atoms with Crippen molar-refractivity contribution in [3.63, 3.8) is 0 Å². The molecule has 120 valence electrons. The highest BCUT2D eigenvalue weighted by molar-refractivity contribution is 6.08. The summed E-state index contributed by atoms with van der Waals surface area (Å²) in [6, 6.07) is 15.5. The first-order valence-electron chi connectivity index (χ1n) is 7.99. The predicted octanol–water partition coefficient (Wildman–Crippen LogP) is 4.44. The SMILES string of the molecule is Cc1ccc(C(=O)c2cccn2C/C=C/c2ccnc(C)c2)cc1. The maximum Gasteiger partial charge on any atom is 0.209 e. The Bertz CT molecular complexity index is 873. The zero-order valence-electron chi connectivity index (χ0n) is 13.9. The van der Waals surface area contributed by atoms with Gasteiger partial charge in [-0.2, -0.15) is 0 Å². The number of nitrogens with zero attached hydrogens (tertiary/aromatic N) is 2. The smallest absolute Gasteiger partial charge is 0.209 e. The number of carbonyl (C=O) groups excluding carboxylic acids is 1. The molecule has 3 rings (SSSR count). The van der Waals surface area contributed by atoms with Crippen LogP contribution in [0, 0.1) is 13.8 Å². The molecule has 0 radical (unpaired) electrons. The van der Waals surface area contributed by atoms with E-state index in [9.17, 15) is 4.79 Å². The number of carbonyl (C=O) groups is 1. The lowest BCUT2D eigenvalue weighted by atomic mass is 10.1. The van der Waals surface area contributed by atoms with Crippen molar-refractivity contribution in [2.75, 3.05) is 0 Å². The molecular weight excluding hydrogens is 296 g/mol. The number of aromatic nitrogens is 2. The number of rotatable bonds is 5. The van der Waals surface area contributed by atoms with E-state index >= 15 is 0 Å². The molecule has 3 aromatic rings. The van der Waals surface area contributed by atoms with Crippen LogP contribution in [0.2, 0.25) is 0 Å². The lowest BCUT2D eigenvalue weighted by molar-refractivity contribution is 0.103. The summed E-state index contributed by atoms with van der Waals surface area (Å²) < 4.78 is 1.97. The van der Waals surface area contributed by atoms with Gasteiger partial charge in [0.1, 0.15) is 0 Å². The van der Waals surface area contributed by atoms with E-state index in [1.807, 2.05) is 73.1 Å². The van der Waals surface area contributed by atoms with Gasteiger partial charge in [0.05, 0.1) is 5.69 Å². The second kappa shape index (κ2) is 7.09. The van der Waals surface area contributed by atoms with Crippen LogP contribution in [0.25, 0.3) is 6.08 Å². The van der Waals surface area contributed by atoms with E-state index in [4.69, 9.17) is 0 Å². The zero-order chi connectivity index (χ0) is 16.9. The second-order valence-corrected chi connectivity index (χ2v) is 5.87. The zero-order valence-corrected chi connectivity index (χ0v) is 13.9. The number of aryl methyl sites for hydroxylation is 2. The molecule has 0 atom stereocenters. The summed E-state index contributed by atoms with van der Waals surface area (Å²) in [5.74, 6) is 0.0492. The van der Waals surface area contributed by atoms with Crippen LogP contribution >= 0.6 is 0 Å². The molecule has 0 bridgehead atoms. The molecule has 1 aromatic carbocycles. The van der Waals surface area contributed by atoms with E-state index in [0.717, 1.165) is 16.8 Å². The second-order valence-electron chi connectivity index (χ2n) is 5.87.